The van der Waals surface area contributed by atoms with Crippen molar-refractivity contribution in [1.82, 2.24) is 29.7 Å². The third-order valence-corrected chi connectivity index (χ3v) is 5.02. The second kappa shape index (κ2) is 7.23. The number of hydrogen-bond donors (Lipinski definition) is 2. The molecule has 1 fully saturated rings. The number of carbonyl (C=O) groups excluding carboxylic acids is 1. The van der Waals surface area contributed by atoms with Gasteiger partial charge in [0.05, 0.1) is 12.3 Å². The molecule has 5 rings (SSSR count). The molecule has 4 aromatic rings. The Morgan fingerprint density at radius 1 is 1.30 bits per heavy atom. The minimum Gasteiger partial charge on any atom is -0.443 e. The monoisotopic (exact) mass is 405 g/mol. The molecule has 10 nitrogen and oxygen atoms in total. The van der Waals surface area contributed by atoms with Crippen molar-refractivity contribution in [2.24, 2.45) is 0 Å². The molecule has 10 heteroatoms. The summed E-state index contributed by atoms with van der Waals surface area (Å²) in [5, 5.41) is 2.81. The largest absolute Gasteiger partial charge is 0.443 e. The molecule has 1 atom stereocenters. The molecule has 0 spiro atoms. The highest BCUT2D eigenvalue weighted by atomic mass is 16.5. The number of oxazole rings is 1. The van der Waals surface area contributed by atoms with Crippen molar-refractivity contribution in [1.29, 1.82) is 0 Å². The fraction of sp³-hybridized carbons (Fsp3) is 0.250. The summed E-state index contributed by atoms with van der Waals surface area (Å²) in [6, 6.07) is 3.73. The summed E-state index contributed by atoms with van der Waals surface area (Å²) < 4.78 is 12.7. The molecule has 0 radical (unpaired) electrons. The summed E-state index contributed by atoms with van der Waals surface area (Å²) in [4.78, 5) is 30.2. The van der Waals surface area contributed by atoms with Crippen LogP contribution in [0.1, 0.15) is 22.6 Å². The first kappa shape index (κ1) is 18.3. The maximum Gasteiger partial charge on any atom is 0.273 e. The first-order valence-electron chi connectivity index (χ1n) is 9.51. The second-order valence-corrected chi connectivity index (χ2v) is 7.03. The summed E-state index contributed by atoms with van der Waals surface area (Å²) in [5.74, 6) is -0.143. The molecule has 0 aromatic carbocycles. The fourth-order valence-corrected chi connectivity index (χ4v) is 3.28. The number of nitrogens with one attached hydrogen (secondary N) is 1. The highest BCUT2D eigenvalue weighted by Crippen LogP contribution is 2.30. The summed E-state index contributed by atoms with van der Waals surface area (Å²) in [6.07, 6.45) is 7.57. The number of nitrogen functional groups attached to an aromatic ring is 1. The normalized spacial score (nSPS) is 15.8. The fourth-order valence-electron chi connectivity index (χ4n) is 3.28. The third-order valence-electron chi connectivity index (χ3n) is 5.02. The zero-order chi connectivity index (χ0) is 20.7. The molecule has 0 aliphatic carbocycles. The predicted molar refractivity (Wildman–Crippen MR) is 108 cm³/mol. The van der Waals surface area contributed by atoms with E-state index in [1.54, 1.807) is 6.20 Å². The molecule has 5 heterocycles. The van der Waals surface area contributed by atoms with Crippen molar-refractivity contribution in [3.05, 3.63) is 48.4 Å². The van der Waals surface area contributed by atoms with Gasteiger partial charge in [-0.05, 0) is 25.5 Å². The standard InChI is InChI=1S/C20H19N7O3/c1-11-8-23-14-3-2-12(10-27(11)14)15-16(20-22-5-7-30-20)26-18(21)17(25-15)19(28)24-9-13-4-6-29-13/h2-3,5,7-8,10,13H,4,6,9H2,1H3,(H2,21,26)(H,24,28)/t13-/m0/s1. The number of imidazole rings is 1. The number of pyridine rings is 1. The van der Waals surface area contributed by atoms with Gasteiger partial charge in [-0.2, -0.15) is 0 Å². The lowest BCUT2D eigenvalue weighted by Crippen LogP contribution is -2.40. The van der Waals surface area contributed by atoms with E-state index < -0.39 is 5.91 Å². The topological polar surface area (TPSA) is 133 Å². The Balaban J connectivity index is 1.60. The lowest BCUT2D eigenvalue weighted by Gasteiger charge is -2.26. The highest BCUT2D eigenvalue weighted by molar-refractivity contribution is 5.97. The van der Waals surface area contributed by atoms with E-state index in [0.717, 1.165) is 23.3 Å². The van der Waals surface area contributed by atoms with Crippen LogP contribution in [0.5, 0.6) is 0 Å². The van der Waals surface area contributed by atoms with Crippen LogP contribution in [0.3, 0.4) is 0 Å². The molecule has 1 aliphatic heterocycles. The van der Waals surface area contributed by atoms with Crippen molar-refractivity contribution >= 4 is 17.4 Å². The van der Waals surface area contributed by atoms with Gasteiger partial charge in [-0.3, -0.25) is 4.79 Å². The van der Waals surface area contributed by atoms with Gasteiger partial charge in [0.2, 0.25) is 5.89 Å². The van der Waals surface area contributed by atoms with E-state index in [9.17, 15) is 4.79 Å². The average Bonchev–Trinajstić information content (AvgIpc) is 3.36. The number of ether oxygens (including phenoxy) is 1. The van der Waals surface area contributed by atoms with Gasteiger partial charge in [-0.15, -0.1) is 0 Å². The van der Waals surface area contributed by atoms with Crippen molar-refractivity contribution in [3.8, 4) is 22.8 Å². The number of aromatic nitrogens is 5. The summed E-state index contributed by atoms with van der Waals surface area (Å²) in [7, 11) is 0. The van der Waals surface area contributed by atoms with E-state index in [1.807, 2.05) is 29.7 Å². The van der Waals surface area contributed by atoms with Crippen LogP contribution in [0.25, 0.3) is 28.5 Å². The molecule has 3 N–H and O–H groups in total. The van der Waals surface area contributed by atoms with Crippen LogP contribution >= 0.6 is 0 Å². The Kier molecular flexibility index (Phi) is 4.40. The molecule has 0 saturated carbocycles. The number of nitrogens with zero attached hydrogens (tertiary/aromatic N) is 5. The number of nitrogens with two attached hydrogens (primary N) is 1. The van der Waals surface area contributed by atoms with Gasteiger partial charge in [-0.25, -0.2) is 19.9 Å². The number of aryl methyl sites for hydroxylation is 1. The number of amides is 1. The van der Waals surface area contributed by atoms with Gasteiger partial charge in [0.15, 0.2) is 17.2 Å². The van der Waals surface area contributed by atoms with E-state index in [2.05, 4.69) is 25.3 Å². The van der Waals surface area contributed by atoms with Crippen LogP contribution in [-0.2, 0) is 4.74 Å². The van der Waals surface area contributed by atoms with Crippen molar-refractivity contribution < 1.29 is 13.9 Å². The highest BCUT2D eigenvalue weighted by Gasteiger charge is 2.24. The van der Waals surface area contributed by atoms with Gasteiger partial charge in [-0.1, -0.05) is 0 Å². The predicted octanol–water partition coefficient (Wildman–Crippen LogP) is 1.86. The van der Waals surface area contributed by atoms with E-state index in [1.165, 1.54) is 12.5 Å². The van der Waals surface area contributed by atoms with Crippen LogP contribution in [-0.4, -0.2) is 49.5 Å². The lowest BCUT2D eigenvalue weighted by atomic mass is 10.1. The Hall–Kier alpha value is -3.79. The van der Waals surface area contributed by atoms with Crippen LogP contribution in [0, 0.1) is 6.92 Å². The molecule has 1 saturated heterocycles. The van der Waals surface area contributed by atoms with Crippen molar-refractivity contribution in [3.63, 3.8) is 0 Å². The smallest absolute Gasteiger partial charge is 0.273 e. The molecule has 1 amide bonds. The van der Waals surface area contributed by atoms with Crippen molar-refractivity contribution in [2.45, 2.75) is 19.4 Å². The number of carbonyl (C=O) groups is 1. The quantitative estimate of drug-likeness (QED) is 0.514. The number of hydrogen-bond acceptors (Lipinski definition) is 8. The van der Waals surface area contributed by atoms with Gasteiger partial charge in [0, 0.05) is 36.8 Å². The summed E-state index contributed by atoms with van der Waals surface area (Å²) in [6.45, 7) is 3.07. The molecular formula is C20H19N7O3. The molecule has 0 bridgehead atoms. The van der Waals surface area contributed by atoms with Gasteiger partial charge < -0.3 is 24.6 Å². The van der Waals surface area contributed by atoms with Crippen LogP contribution in [0.15, 0.2) is 41.4 Å². The third kappa shape index (κ3) is 3.16. The Labute approximate surface area is 171 Å². The lowest BCUT2D eigenvalue weighted by molar-refractivity contribution is -0.0473. The van der Waals surface area contributed by atoms with Crippen molar-refractivity contribution in [2.75, 3.05) is 18.9 Å². The van der Waals surface area contributed by atoms with Gasteiger partial charge in [0.1, 0.15) is 17.6 Å². The van der Waals surface area contributed by atoms with Crippen LogP contribution in [0.2, 0.25) is 0 Å². The maximum atomic E-state index is 12.7. The zero-order valence-corrected chi connectivity index (χ0v) is 16.2. The second-order valence-electron chi connectivity index (χ2n) is 7.03. The molecule has 152 valence electrons. The first-order valence-corrected chi connectivity index (χ1v) is 9.51. The minimum absolute atomic E-state index is 0.00105. The van der Waals surface area contributed by atoms with Gasteiger partial charge >= 0.3 is 0 Å². The average molecular weight is 405 g/mol. The summed E-state index contributed by atoms with van der Waals surface area (Å²) in [5.41, 5.74) is 9.40. The number of anilines is 1. The Bertz CT molecular complexity index is 1230. The Morgan fingerprint density at radius 3 is 2.90 bits per heavy atom. The van der Waals surface area contributed by atoms with Gasteiger partial charge in [0.25, 0.3) is 5.91 Å². The van der Waals surface area contributed by atoms with E-state index in [-0.39, 0.29) is 23.5 Å². The molecule has 0 unspecified atom stereocenters. The van der Waals surface area contributed by atoms with E-state index in [0.29, 0.717) is 24.5 Å². The van der Waals surface area contributed by atoms with Crippen LogP contribution in [0.4, 0.5) is 5.82 Å². The van der Waals surface area contributed by atoms with E-state index in [4.69, 9.17) is 14.9 Å². The molecule has 1 aliphatic rings. The van der Waals surface area contributed by atoms with Crippen LogP contribution < -0.4 is 11.1 Å². The maximum absolute atomic E-state index is 12.7. The first-order chi connectivity index (χ1) is 14.6. The Morgan fingerprint density at radius 2 is 2.17 bits per heavy atom. The molecule has 30 heavy (non-hydrogen) atoms. The zero-order valence-electron chi connectivity index (χ0n) is 16.2. The summed E-state index contributed by atoms with van der Waals surface area (Å²) >= 11 is 0. The number of rotatable bonds is 5. The minimum atomic E-state index is -0.407. The molecular weight excluding hydrogens is 386 g/mol. The number of fused-ring (bicyclic) bond motifs is 1. The molecule has 4 aromatic heterocycles. The SMILES string of the molecule is Cc1cnc2ccc(-c3nc(C(=O)NC[C@@H]4CCO4)c(N)nc3-c3ncco3)cn12. The van der Waals surface area contributed by atoms with E-state index >= 15 is 0 Å².